The van der Waals surface area contributed by atoms with Crippen molar-refractivity contribution < 1.29 is 4.79 Å². The third kappa shape index (κ3) is 2.58. The van der Waals surface area contributed by atoms with Gasteiger partial charge in [-0.2, -0.15) is 0 Å². The van der Waals surface area contributed by atoms with Crippen molar-refractivity contribution in [3.63, 3.8) is 0 Å². The van der Waals surface area contributed by atoms with E-state index in [4.69, 9.17) is 0 Å². The van der Waals surface area contributed by atoms with E-state index in [0.29, 0.717) is 0 Å². The molecule has 4 heteroatoms. The van der Waals surface area contributed by atoms with Gasteiger partial charge in [0.2, 0.25) is 0 Å². The minimum atomic E-state index is -0.117. The maximum Gasteiger partial charge on any atom is 0.257 e. The molecule has 1 aliphatic heterocycles. The number of hydrogen-bond donors (Lipinski definition) is 0. The summed E-state index contributed by atoms with van der Waals surface area (Å²) < 4.78 is 2.11. The van der Waals surface area contributed by atoms with Crippen LogP contribution < -0.4 is 4.90 Å². The summed E-state index contributed by atoms with van der Waals surface area (Å²) in [6.07, 6.45) is 5.09. The van der Waals surface area contributed by atoms with Crippen molar-refractivity contribution in [2.45, 2.75) is 19.5 Å². The van der Waals surface area contributed by atoms with E-state index in [1.165, 1.54) is 5.56 Å². The number of nitrogens with zero attached hydrogens (tertiary/aromatic N) is 3. The number of benzene rings is 2. The van der Waals surface area contributed by atoms with Crippen molar-refractivity contribution in [2.75, 3.05) is 19.0 Å². The Morgan fingerprint density at radius 3 is 2.38 bits per heavy atom. The average Bonchev–Trinajstić information content (AvgIpc) is 3.16. The summed E-state index contributed by atoms with van der Waals surface area (Å²) in [4.78, 5) is 16.8. The van der Waals surface area contributed by atoms with Crippen LogP contribution in [-0.2, 0) is 6.42 Å². The SMILES string of the molecule is CCc1ccc(-n2ccc(C3N(C)C(=O)c4ccccc4N3C)c2)cc1. The number of fused-ring (bicyclic) bond motifs is 1. The van der Waals surface area contributed by atoms with Gasteiger partial charge in [-0.25, -0.2) is 0 Å². The first-order valence-electron chi connectivity index (χ1n) is 8.96. The molecule has 26 heavy (non-hydrogen) atoms. The average molecular weight is 345 g/mol. The molecule has 4 nitrogen and oxygen atoms in total. The molecule has 2 aromatic carbocycles. The molecule has 4 rings (SSSR count). The molecule has 0 aliphatic carbocycles. The largest absolute Gasteiger partial charge is 0.350 e. The van der Waals surface area contributed by atoms with Gasteiger partial charge in [-0.15, -0.1) is 0 Å². The van der Waals surface area contributed by atoms with Gasteiger partial charge in [-0.3, -0.25) is 4.79 Å². The molecule has 1 unspecified atom stereocenters. The smallest absolute Gasteiger partial charge is 0.257 e. The molecule has 1 aromatic heterocycles. The van der Waals surface area contributed by atoms with Gasteiger partial charge in [-0.05, 0) is 42.3 Å². The first-order chi connectivity index (χ1) is 12.6. The number of para-hydroxylation sites is 1. The number of aromatic nitrogens is 1. The molecular formula is C22H23N3O. The Hall–Kier alpha value is -3.01. The Kier molecular flexibility index (Phi) is 4.03. The molecule has 0 radical (unpaired) electrons. The first kappa shape index (κ1) is 16.5. The predicted octanol–water partition coefficient (Wildman–Crippen LogP) is 4.26. The van der Waals surface area contributed by atoms with Gasteiger partial charge in [0.15, 0.2) is 0 Å². The summed E-state index contributed by atoms with van der Waals surface area (Å²) in [7, 11) is 3.91. The third-order valence-corrected chi connectivity index (χ3v) is 5.23. The molecule has 0 spiro atoms. The highest BCUT2D eigenvalue weighted by molar-refractivity contribution is 6.01. The predicted molar refractivity (Wildman–Crippen MR) is 105 cm³/mol. The number of amides is 1. The Labute approximate surface area is 154 Å². The number of hydrogen-bond acceptors (Lipinski definition) is 2. The van der Waals surface area contributed by atoms with Crippen molar-refractivity contribution in [3.8, 4) is 5.69 Å². The van der Waals surface area contributed by atoms with Crippen LogP contribution in [0.5, 0.6) is 0 Å². The second-order valence-corrected chi connectivity index (χ2v) is 6.79. The molecule has 132 valence electrons. The van der Waals surface area contributed by atoms with Gasteiger partial charge >= 0.3 is 0 Å². The van der Waals surface area contributed by atoms with Crippen LogP contribution in [0.3, 0.4) is 0 Å². The molecule has 1 atom stereocenters. The normalized spacial score (nSPS) is 16.7. The lowest BCUT2D eigenvalue weighted by Gasteiger charge is -2.41. The van der Waals surface area contributed by atoms with Crippen molar-refractivity contribution in [1.29, 1.82) is 0 Å². The van der Waals surface area contributed by atoms with Gasteiger partial charge in [-0.1, -0.05) is 31.2 Å². The van der Waals surface area contributed by atoms with Gasteiger partial charge < -0.3 is 14.4 Å². The summed E-state index contributed by atoms with van der Waals surface area (Å²) in [6.45, 7) is 2.16. The maximum atomic E-state index is 12.8. The summed E-state index contributed by atoms with van der Waals surface area (Å²) in [5.41, 5.74) is 5.28. The summed E-state index contributed by atoms with van der Waals surface area (Å²) >= 11 is 0. The Bertz CT molecular complexity index is 942. The van der Waals surface area contributed by atoms with E-state index < -0.39 is 0 Å². The van der Waals surface area contributed by atoms with Crippen LogP contribution >= 0.6 is 0 Å². The number of carbonyl (C=O) groups is 1. The van der Waals surface area contributed by atoms with E-state index >= 15 is 0 Å². The molecule has 3 aromatic rings. The zero-order valence-electron chi connectivity index (χ0n) is 15.4. The van der Waals surface area contributed by atoms with Crippen molar-refractivity contribution in [3.05, 3.63) is 83.7 Å². The highest BCUT2D eigenvalue weighted by atomic mass is 16.2. The summed E-state index contributed by atoms with van der Waals surface area (Å²) in [5.74, 6) is 0.0590. The number of carbonyl (C=O) groups excluding carboxylic acids is 1. The molecule has 0 bridgehead atoms. The topological polar surface area (TPSA) is 28.5 Å². The molecule has 0 fully saturated rings. The highest BCUT2D eigenvalue weighted by Gasteiger charge is 2.34. The second kappa shape index (κ2) is 6.37. The zero-order chi connectivity index (χ0) is 18.3. The Balaban J connectivity index is 1.69. The highest BCUT2D eigenvalue weighted by Crippen LogP contribution is 2.36. The fourth-order valence-electron chi connectivity index (χ4n) is 3.73. The van der Waals surface area contributed by atoms with Crippen LogP contribution in [0.1, 0.15) is 34.6 Å². The number of anilines is 1. The van der Waals surface area contributed by atoms with E-state index in [2.05, 4.69) is 59.1 Å². The maximum absolute atomic E-state index is 12.8. The third-order valence-electron chi connectivity index (χ3n) is 5.23. The van der Waals surface area contributed by atoms with Gasteiger partial charge in [0.05, 0.1) is 11.3 Å². The first-order valence-corrected chi connectivity index (χ1v) is 8.96. The number of rotatable bonds is 3. The molecule has 0 saturated carbocycles. The van der Waals surface area contributed by atoms with Crippen molar-refractivity contribution >= 4 is 11.6 Å². The fourth-order valence-corrected chi connectivity index (χ4v) is 3.73. The molecule has 0 N–H and O–H groups in total. The lowest BCUT2D eigenvalue weighted by Crippen LogP contribution is -2.45. The van der Waals surface area contributed by atoms with E-state index in [9.17, 15) is 4.79 Å². The van der Waals surface area contributed by atoms with E-state index in [1.54, 1.807) is 0 Å². The van der Waals surface area contributed by atoms with E-state index in [1.807, 2.05) is 43.3 Å². The standard InChI is InChI=1S/C22H23N3O/c1-4-16-9-11-18(12-10-16)25-14-13-17(15-25)21-23(2)20-8-6-5-7-19(20)22(26)24(21)3/h5-15,21H,4H2,1-3H3. The number of aryl methyl sites for hydroxylation is 1. The minimum Gasteiger partial charge on any atom is -0.350 e. The monoisotopic (exact) mass is 345 g/mol. The van der Waals surface area contributed by atoms with Gasteiger partial charge in [0.25, 0.3) is 5.91 Å². The molecule has 2 heterocycles. The van der Waals surface area contributed by atoms with Crippen LogP contribution in [0.15, 0.2) is 67.0 Å². The lowest BCUT2D eigenvalue weighted by molar-refractivity contribution is 0.0711. The fraction of sp³-hybridized carbons (Fsp3) is 0.227. The molecule has 0 saturated heterocycles. The summed E-state index contributed by atoms with van der Waals surface area (Å²) in [5, 5.41) is 0. The quantitative estimate of drug-likeness (QED) is 0.709. The summed E-state index contributed by atoms with van der Waals surface area (Å²) in [6, 6.07) is 18.5. The molecular weight excluding hydrogens is 322 g/mol. The van der Waals surface area contributed by atoms with Gasteiger partial charge in [0, 0.05) is 37.7 Å². The second-order valence-electron chi connectivity index (χ2n) is 6.79. The minimum absolute atomic E-state index is 0.0590. The van der Waals surface area contributed by atoms with Gasteiger partial charge in [0.1, 0.15) is 6.17 Å². The van der Waals surface area contributed by atoms with Crippen LogP contribution in [0.4, 0.5) is 5.69 Å². The van der Waals surface area contributed by atoms with E-state index in [-0.39, 0.29) is 12.1 Å². The zero-order valence-corrected chi connectivity index (χ0v) is 15.4. The Morgan fingerprint density at radius 2 is 1.65 bits per heavy atom. The van der Waals surface area contributed by atoms with Crippen LogP contribution in [0.2, 0.25) is 0 Å². The van der Waals surface area contributed by atoms with Crippen LogP contribution in [-0.4, -0.2) is 29.5 Å². The van der Waals surface area contributed by atoms with Crippen molar-refractivity contribution in [1.82, 2.24) is 9.47 Å². The van der Waals surface area contributed by atoms with Crippen LogP contribution in [0.25, 0.3) is 5.69 Å². The van der Waals surface area contributed by atoms with E-state index in [0.717, 1.165) is 28.9 Å². The van der Waals surface area contributed by atoms with Crippen LogP contribution in [0, 0.1) is 0 Å². The lowest BCUT2D eigenvalue weighted by atomic mass is 10.0. The molecule has 1 amide bonds. The molecule has 1 aliphatic rings. The Morgan fingerprint density at radius 1 is 0.923 bits per heavy atom. The van der Waals surface area contributed by atoms with Crippen molar-refractivity contribution in [2.24, 2.45) is 0 Å².